The number of halogens is 1. The highest BCUT2D eigenvalue weighted by molar-refractivity contribution is 9.10. The molecule has 0 bridgehead atoms. The summed E-state index contributed by atoms with van der Waals surface area (Å²) in [6.07, 6.45) is 1.59. The van der Waals surface area contributed by atoms with Crippen LogP contribution < -0.4 is 4.90 Å². The zero-order chi connectivity index (χ0) is 20.5. The number of carbonyl (C=O) groups is 1. The van der Waals surface area contributed by atoms with Crippen LogP contribution in [-0.4, -0.2) is 15.2 Å². The molecule has 0 N–H and O–H groups in total. The number of para-hydroxylation sites is 1. The number of carbonyl (C=O) groups excluding carboxylic acids is 1. The molecule has 2 aromatic carbocycles. The predicted molar refractivity (Wildman–Crippen MR) is 121 cm³/mol. The van der Waals surface area contributed by atoms with Crippen molar-refractivity contribution in [1.82, 2.24) is 0 Å². The van der Waals surface area contributed by atoms with Crippen LogP contribution in [0.4, 0.5) is 11.4 Å². The molecule has 0 atom stereocenters. The summed E-state index contributed by atoms with van der Waals surface area (Å²) in [7, 11) is 0. The second-order valence-corrected chi connectivity index (χ2v) is 8.56. The summed E-state index contributed by atoms with van der Waals surface area (Å²) in [4.78, 5) is 25.5. The number of hydrogen-bond donors (Lipinski definition) is 0. The van der Waals surface area contributed by atoms with Crippen molar-refractivity contribution in [2.45, 2.75) is 0 Å². The third-order valence-electron chi connectivity index (χ3n) is 4.14. The first kappa shape index (κ1) is 19.6. The van der Waals surface area contributed by atoms with Crippen LogP contribution in [0.1, 0.15) is 5.76 Å². The Morgan fingerprint density at radius 1 is 1.10 bits per heavy atom. The minimum atomic E-state index is -0.457. The Bertz CT molecular complexity index is 1170. The highest BCUT2D eigenvalue weighted by Gasteiger charge is 2.33. The Morgan fingerprint density at radius 3 is 2.55 bits per heavy atom. The van der Waals surface area contributed by atoms with Gasteiger partial charge in [0.1, 0.15) is 11.5 Å². The Balaban J connectivity index is 1.63. The predicted octanol–water partition coefficient (Wildman–Crippen LogP) is 6.02. The standard InChI is InChI=1S/C20H11BrN2O4S2/c21-12-5-7-13(8-6-12)22-19(24)18(29-20(22)28)11-14-9-10-17(27-14)15-3-1-2-4-16(15)23(25)26/h1-11H/b18-11+. The summed E-state index contributed by atoms with van der Waals surface area (Å²) < 4.78 is 7.08. The number of nitro benzene ring substituents is 1. The van der Waals surface area contributed by atoms with Crippen molar-refractivity contribution >= 4 is 67.6 Å². The van der Waals surface area contributed by atoms with Gasteiger partial charge in [-0.2, -0.15) is 0 Å². The van der Waals surface area contributed by atoms with E-state index in [1.165, 1.54) is 22.7 Å². The summed E-state index contributed by atoms with van der Waals surface area (Å²) in [5.41, 5.74) is 1.01. The van der Waals surface area contributed by atoms with Crippen molar-refractivity contribution in [3.8, 4) is 11.3 Å². The van der Waals surface area contributed by atoms with Gasteiger partial charge in [-0.3, -0.25) is 19.8 Å². The summed E-state index contributed by atoms with van der Waals surface area (Å²) >= 11 is 9.91. The first-order chi connectivity index (χ1) is 13.9. The van der Waals surface area contributed by atoms with Crippen molar-refractivity contribution in [2.75, 3.05) is 4.90 Å². The number of nitro groups is 1. The second kappa shape index (κ2) is 7.94. The van der Waals surface area contributed by atoms with E-state index in [0.717, 1.165) is 4.47 Å². The van der Waals surface area contributed by atoms with Gasteiger partial charge in [0.15, 0.2) is 4.32 Å². The molecule has 1 saturated heterocycles. The van der Waals surface area contributed by atoms with Crippen LogP contribution in [0.2, 0.25) is 0 Å². The van der Waals surface area contributed by atoms with E-state index in [-0.39, 0.29) is 11.6 Å². The van der Waals surface area contributed by atoms with E-state index in [4.69, 9.17) is 16.6 Å². The number of thiocarbonyl (C=S) groups is 1. The molecule has 0 unspecified atom stereocenters. The first-order valence-electron chi connectivity index (χ1n) is 8.31. The number of amides is 1. The molecule has 0 spiro atoms. The fraction of sp³-hybridized carbons (Fsp3) is 0. The number of hydrogen-bond acceptors (Lipinski definition) is 6. The van der Waals surface area contributed by atoms with Crippen LogP contribution in [0.25, 0.3) is 17.4 Å². The molecule has 29 heavy (non-hydrogen) atoms. The Hall–Kier alpha value is -2.75. The van der Waals surface area contributed by atoms with E-state index in [0.29, 0.717) is 32.0 Å². The van der Waals surface area contributed by atoms with Gasteiger partial charge in [0.2, 0.25) is 0 Å². The Labute approximate surface area is 183 Å². The van der Waals surface area contributed by atoms with Crippen molar-refractivity contribution in [1.29, 1.82) is 0 Å². The van der Waals surface area contributed by atoms with Crippen molar-refractivity contribution in [3.05, 3.63) is 85.9 Å². The lowest BCUT2D eigenvalue weighted by Crippen LogP contribution is -2.27. The number of rotatable bonds is 4. The molecule has 9 heteroatoms. The third-order valence-corrected chi connectivity index (χ3v) is 5.98. The maximum atomic E-state index is 12.8. The summed E-state index contributed by atoms with van der Waals surface area (Å²) in [5.74, 6) is 0.521. The molecule has 3 aromatic rings. The lowest BCUT2D eigenvalue weighted by atomic mass is 10.1. The van der Waals surface area contributed by atoms with E-state index < -0.39 is 4.92 Å². The molecule has 1 amide bonds. The molecule has 144 valence electrons. The van der Waals surface area contributed by atoms with Crippen molar-refractivity contribution in [2.24, 2.45) is 0 Å². The number of benzene rings is 2. The van der Waals surface area contributed by atoms with Crippen LogP contribution in [0.5, 0.6) is 0 Å². The molecule has 0 saturated carbocycles. The fourth-order valence-electron chi connectivity index (χ4n) is 2.83. The average Bonchev–Trinajstić information content (AvgIpc) is 3.27. The molecule has 2 heterocycles. The maximum absolute atomic E-state index is 12.8. The monoisotopic (exact) mass is 486 g/mol. The molecule has 1 fully saturated rings. The van der Waals surface area contributed by atoms with Crippen molar-refractivity contribution in [3.63, 3.8) is 0 Å². The number of nitrogens with zero attached hydrogens (tertiary/aromatic N) is 2. The largest absolute Gasteiger partial charge is 0.456 e. The molecular formula is C20H11BrN2O4S2. The van der Waals surface area contributed by atoms with Crippen LogP contribution in [-0.2, 0) is 4.79 Å². The highest BCUT2D eigenvalue weighted by atomic mass is 79.9. The van der Waals surface area contributed by atoms with Gasteiger partial charge in [-0.15, -0.1) is 0 Å². The second-order valence-electron chi connectivity index (χ2n) is 5.97. The van der Waals surface area contributed by atoms with Crippen LogP contribution in [0.15, 0.2) is 74.5 Å². The lowest BCUT2D eigenvalue weighted by molar-refractivity contribution is -0.384. The summed E-state index contributed by atoms with van der Waals surface area (Å²) in [5, 5.41) is 11.2. The SMILES string of the molecule is O=C1/C(=C\c2ccc(-c3ccccc3[N+](=O)[O-])o2)SC(=S)N1c1ccc(Br)cc1. The molecule has 1 aromatic heterocycles. The molecule has 1 aliphatic heterocycles. The van der Waals surface area contributed by atoms with E-state index >= 15 is 0 Å². The molecule has 0 radical (unpaired) electrons. The van der Waals surface area contributed by atoms with E-state index in [9.17, 15) is 14.9 Å². The summed E-state index contributed by atoms with van der Waals surface area (Å²) in [6.45, 7) is 0. The minimum absolute atomic E-state index is 0.0463. The van der Waals surface area contributed by atoms with Crippen LogP contribution >= 0.6 is 39.9 Å². The zero-order valence-corrected chi connectivity index (χ0v) is 17.8. The smallest absolute Gasteiger partial charge is 0.280 e. The van der Waals surface area contributed by atoms with Gasteiger partial charge < -0.3 is 4.42 Å². The van der Waals surface area contributed by atoms with Crippen LogP contribution in [0.3, 0.4) is 0 Å². The zero-order valence-electron chi connectivity index (χ0n) is 14.6. The van der Waals surface area contributed by atoms with Gasteiger partial charge >= 0.3 is 0 Å². The molecular weight excluding hydrogens is 476 g/mol. The first-order valence-corrected chi connectivity index (χ1v) is 10.3. The third kappa shape index (κ3) is 3.89. The van der Waals surface area contributed by atoms with E-state index in [1.54, 1.807) is 48.5 Å². The highest BCUT2D eigenvalue weighted by Crippen LogP contribution is 2.37. The Morgan fingerprint density at radius 2 is 1.83 bits per heavy atom. The number of furan rings is 1. The quantitative estimate of drug-likeness (QED) is 0.194. The molecule has 1 aliphatic rings. The maximum Gasteiger partial charge on any atom is 0.280 e. The van der Waals surface area contributed by atoms with Gasteiger partial charge in [-0.1, -0.05) is 52.0 Å². The lowest BCUT2D eigenvalue weighted by Gasteiger charge is -2.14. The van der Waals surface area contributed by atoms with Gasteiger partial charge in [0.25, 0.3) is 11.6 Å². The number of anilines is 1. The molecule has 0 aliphatic carbocycles. The Kier molecular flexibility index (Phi) is 5.35. The van der Waals surface area contributed by atoms with Gasteiger partial charge in [-0.05, 0) is 42.5 Å². The van der Waals surface area contributed by atoms with E-state index in [2.05, 4.69) is 15.9 Å². The molecule has 4 rings (SSSR count). The van der Waals surface area contributed by atoms with Gasteiger partial charge in [-0.25, -0.2) is 0 Å². The van der Waals surface area contributed by atoms with Crippen LogP contribution in [0, 0.1) is 10.1 Å². The average molecular weight is 487 g/mol. The molecule has 6 nitrogen and oxygen atoms in total. The minimum Gasteiger partial charge on any atom is -0.456 e. The van der Waals surface area contributed by atoms with Crippen molar-refractivity contribution < 1.29 is 14.1 Å². The normalized spacial score (nSPS) is 15.3. The topological polar surface area (TPSA) is 76.6 Å². The van der Waals surface area contributed by atoms with Gasteiger partial charge in [0.05, 0.1) is 21.1 Å². The fourth-order valence-corrected chi connectivity index (χ4v) is 4.37. The number of thioether (sulfide) groups is 1. The van der Waals surface area contributed by atoms with E-state index in [1.807, 2.05) is 12.1 Å². The van der Waals surface area contributed by atoms with Gasteiger partial charge in [0, 0.05) is 16.6 Å². The summed E-state index contributed by atoms with van der Waals surface area (Å²) in [6, 6.07) is 16.9.